The van der Waals surface area contributed by atoms with Crippen LogP contribution in [0.2, 0.25) is 5.02 Å². The fraction of sp³-hybridized carbons (Fsp3) is 0.600. The number of amides is 2. The average Bonchev–Trinajstić information content (AvgIpc) is 3.43. The van der Waals surface area contributed by atoms with Gasteiger partial charge in [0.25, 0.3) is 0 Å². The van der Waals surface area contributed by atoms with Crippen molar-refractivity contribution >= 4 is 23.4 Å². The Kier molecular flexibility index (Phi) is 6.00. The van der Waals surface area contributed by atoms with Crippen molar-refractivity contribution in [2.45, 2.75) is 51.5 Å². The maximum Gasteiger partial charge on any atom is 0.226 e. The molecule has 1 aliphatic heterocycles. The zero-order valence-corrected chi connectivity index (χ0v) is 15.6. The van der Waals surface area contributed by atoms with E-state index < -0.39 is 0 Å². The van der Waals surface area contributed by atoms with E-state index in [0.717, 1.165) is 42.8 Å². The summed E-state index contributed by atoms with van der Waals surface area (Å²) in [6, 6.07) is 8.03. The van der Waals surface area contributed by atoms with Crippen molar-refractivity contribution in [2.75, 3.05) is 13.1 Å². The number of likely N-dealkylation sites (tertiary alicyclic amines) is 1. The number of rotatable bonds is 6. The Bertz CT molecular complexity index is 617. The molecular weight excluding hydrogens is 336 g/mol. The number of carbonyl (C=O) groups is 2. The minimum Gasteiger partial charge on any atom is -0.356 e. The minimum absolute atomic E-state index is 0.0253. The highest BCUT2D eigenvalue weighted by Crippen LogP contribution is 2.41. The molecule has 1 aliphatic carbocycles. The van der Waals surface area contributed by atoms with Gasteiger partial charge in [0.05, 0.1) is 11.8 Å². The summed E-state index contributed by atoms with van der Waals surface area (Å²) in [7, 11) is 0. The van der Waals surface area contributed by atoms with Gasteiger partial charge in [-0.2, -0.15) is 0 Å². The van der Waals surface area contributed by atoms with Crippen LogP contribution in [0.15, 0.2) is 24.3 Å². The third kappa shape index (κ3) is 4.55. The average molecular weight is 363 g/mol. The van der Waals surface area contributed by atoms with Crippen molar-refractivity contribution in [3.05, 3.63) is 34.9 Å². The van der Waals surface area contributed by atoms with Crippen LogP contribution < -0.4 is 5.32 Å². The van der Waals surface area contributed by atoms with E-state index in [1.54, 1.807) is 0 Å². The summed E-state index contributed by atoms with van der Waals surface area (Å²) in [4.78, 5) is 27.0. The fourth-order valence-electron chi connectivity index (χ4n) is 3.80. The molecule has 1 aromatic rings. The van der Waals surface area contributed by atoms with Gasteiger partial charge in [0.1, 0.15) is 0 Å². The molecule has 3 rings (SSSR count). The van der Waals surface area contributed by atoms with Crippen LogP contribution in [-0.4, -0.2) is 35.8 Å². The van der Waals surface area contributed by atoms with Gasteiger partial charge in [-0.25, -0.2) is 0 Å². The van der Waals surface area contributed by atoms with E-state index >= 15 is 0 Å². The summed E-state index contributed by atoms with van der Waals surface area (Å²) < 4.78 is 0. The number of hydrogen-bond acceptors (Lipinski definition) is 2. The zero-order valence-electron chi connectivity index (χ0n) is 14.8. The first-order valence-corrected chi connectivity index (χ1v) is 9.80. The number of piperidine rings is 1. The molecule has 5 heteroatoms. The molecule has 0 spiro atoms. The summed E-state index contributed by atoms with van der Waals surface area (Å²) in [6.45, 7) is 3.60. The molecule has 1 saturated heterocycles. The van der Waals surface area contributed by atoms with Crippen LogP contribution in [0.5, 0.6) is 0 Å². The Morgan fingerprint density at radius 2 is 1.96 bits per heavy atom. The quantitative estimate of drug-likeness (QED) is 0.842. The third-order valence-electron chi connectivity index (χ3n) is 5.45. The van der Waals surface area contributed by atoms with E-state index in [1.165, 1.54) is 6.42 Å². The minimum atomic E-state index is -0.128. The van der Waals surface area contributed by atoms with Gasteiger partial charge in [-0.15, -0.1) is 0 Å². The van der Waals surface area contributed by atoms with Gasteiger partial charge in [-0.1, -0.05) is 30.7 Å². The summed E-state index contributed by atoms with van der Waals surface area (Å²) >= 11 is 5.87. The first-order valence-electron chi connectivity index (χ1n) is 9.42. The normalized spacial score (nSPS) is 25.5. The van der Waals surface area contributed by atoms with Crippen molar-refractivity contribution in [3.63, 3.8) is 0 Å². The summed E-state index contributed by atoms with van der Waals surface area (Å²) in [5, 5.41) is 3.70. The smallest absolute Gasteiger partial charge is 0.226 e. The first kappa shape index (κ1) is 18.2. The Morgan fingerprint density at radius 1 is 1.20 bits per heavy atom. The second kappa shape index (κ2) is 8.22. The maximum absolute atomic E-state index is 12.7. The van der Waals surface area contributed by atoms with Crippen molar-refractivity contribution in [1.82, 2.24) is 10.2 Å². The molecule has 4 nitrogen and oxygen atoms in total. The van der Waals surface area contributed by atoms with Crippen molar-refractivity contribution < 1.29 is 9.59 Å². The van der Waals surface area contributed by atoms with Gasteiger partial charge in [-0.3, -0.25) is 9.59 Å². The van der Waals surface area contributed by atoms with Gasteiger partial charge in [0, 0.05) is 24.2 Å². The van der Waals surface area contributed by atoms with Crippen LogP contribution in [0.4, 0.5) is 0 Å². The van der Waals surface area contributed by atoms with Crippen LogP contribution in [0.1, 0.15) is 44.6 Å². The Morgan fingerprint density at radius 3 is 2.68 bits per heavy atom. The van der Waals surface area contributed by atoms with E-state index in [4.69, 9.17) is 11.6 Å². The van der Waals surface area contributed by atoms with E-state index in [-0.39, 0.29) is 23.7 Å². The standard InChI is InChI=1S/C20H27ClN2O2/c1-2-16-5-3-4-12-23(16)20(25)18-13-17(18)19(24)22-11-10-14-6-8-15(21)9-7-14/h6-9,16-18H,2-5,10-13H2,1H3,(H,22,24). The van der Waals surface area contributed by atoms with E-state index in [9.17, 15) is 9.59 Å². The lowest BCUT2D eigenvalue weighted by Gasteiger charge is -2.35. The maximum atomic E-state index is 12.7. The molecule has 3 unspecified atom stereocenters. The third-order valence-corrected chi connectivity index (χ3v) is 5.70. The molecular formula is C20H27ClN2O2. The SMILES string of the molecule is CCC1CCCCN1C(=O)C1CC1C(=O)NCCc1ccc(Cl)cc1. The Hall–Kier alpha value is -1.55. The molecule has 0 radical (unpaired) electrons. The zero-order chi connectivity index (χ0) is 17.8. The monoisotopic (exact) mass is 362 g/mol. The predicted molar refractivity (Wildman–Crippen MR) is 99.4 cm³/mol. The summed E-state index contributed by atoms with van der Waals surface area (Å²) in [6.07, 6.45) is 5.90. The molecule has 136 valence electrons. The topological polar surface area (TPSA) is 49.4 Å². The molecule has 1 aromatic carbocycles. The molecule has 2 amide bonds. The second-order valence-corrected chi connectivity index (χ2v) is 7.64. The number of halogens is 1. The van der Waals surface area contributed by atoms with Crippen LogP contribution in [0.3, 0.4) is 0 Å². The van der Waals surface area contributed by atoms with Crippen LogP contribution in [0.25, 0.3) is 0 Å². The molecule has 0 aromatic heterocycles. The van der Waals surface area contributed by atoms with Crippen molar-refractivity contribution in [1.29, 1.82) is 0 Å². The van der Waals surface area contributed by atoms with Crippen molar-refractivity contribution in [2.24, 2.45) is 11.8 Å². The van der Waals surface area contributed by atoms with Gasteiger partial charge in [-0.05, 0) is 56.2 Å². The van der Waals surface area contributed by atoms with Gasteiger partial charge >= 0.3 is 0 Å². The lowest BCUT2D eigenvalue weighted by Crippen LogP contribution is -2.44. The number of benzene rings is 1. The van der Waals surface area contributed by atoms with Crippen molar-refractivity contribution in [3.8, 4) is 0 Å². The highest BCUT2D eigenvalue weighted by molar-refractivity contribution is 6.30. The summed E-state index contributed by atoms with van der Waals surface area (Å²) in [5.41, 5.74) is 1.15. The fourth-order valence-corrected chi connectivity index (χ4v) is 3.92. The highest BCUT2D eigenvalue weighted by atomic mass is 35.5. The van der Waals surface area contributed by atoms with Gasteiger partial charge < -0.3 is 10.2 Å². The Labute approximate surface area is 154 Å². The lowest BCUT2D eigenvalue weighted by molar-refractivity contribution is -0.138. The molecule has 3 atom stereocenters. The highest BCUT2D eigenvalue weighted by Gasteiger charge is 2.50. The molecule has 25 heavy (non-hydrogen) atoms. The molecule has 2 fully saturated rings. The van der Waals surface area contributed by atoms with E-state index in [0.29, 0.717) is 19.0 Å². The van der Waals surface area contributed by atoms with Gasteiger partial charge in [0.15, 0.2) is 0 Å². The predicted octanol–water partition coefficient (Wildman–Crippen LogP) is 3.43. The number of hydrogen-bond donors (Lipinski definition) is 1. The van der Waals surface area contributed by atoms with Crippen LogP contribution in [-0.2, 0) is 16.0 Å². The first-order chi connectivity index (χ1) is 12.1. The molecule has 1 N–H and O–H groups in total. The Balaban J connectivity index is 1.43. The number of carbonyl (C=O) groups excluding carboxylic acids is 2. The van der Waals surface area contributed by atoms with E-state index in [2.05, 4.69) is 12.2 Å². The largest absolute Gasteiger partial charge is 0.356 e. The number of nitrogens with one attached hydrogen (secondary N) is 1. The summed E-state index contributed by atoms with van der Waals surface area (Å²) in [5.74, 6) is 0.00149. The number of nitrogens with zero attached hydrogens (tertiary/aromatic N) is 1. The molecule has 1 heterocycles. The van der Waals surface area contributed by atoms with Crippen LogP contribution in [0, 0.1) is 11.8 Å². The molecule has 0 bridgehead atoms. The van der Waals surface area contributed by atoms with Gasteiger partial charge in [0.2, 0.25) is 11.8 Å². The van der Waals surface area contributed by atoms with Crippen LogP contribution >= 0.6 is 11.6 Å². The second-order valence-electron chi connectivity index (χ2n) is 7.21. The lowest BCUT2D eigenvalue weighted by atomic mass is 9.99. The molecule has 2 aliphatic rings. The molecule has 1 saturated carbocycles. The van der Waals surface area contributed by atoms with E-state index in [1.807, 2.05) is 29.2 Å².